The van der Waals surface area contributed by atoms with E-state index in [-0.39, 0.29) is 25.7 Å². The van der Waals surface area contributed by atoms with E-state index in [1.165, 1.54) is 180 Å². The molecule has 3 N–H and O–H groups in total. The van der Waals surface area contributed by atoms with Gasteiger partial charge in [-0.05, 0) is 37.5 Å². The number of unbranched alkanes of at least 4 members (excludes halogenated alkanes) is 42. The van der Waals surface area contributed by atoms with E-state index in [0.717, 1.165) is 115 Å². The maximum Gasteiger partial charge on any atom is 0.472 e. The highest BCUT2D eigenvalue weighted by Gasteiger charge is 2.30. The highest BCUT2D eigenvalue weighted by Crippen LogP contribution is 2.45. The average molecular weight is 1350 g/mol. The van der Waals surface area contributed by atoms with Crippen molar-refractivity contribution in [2.24, 2.45) is 11.8 Å². The van der Waals surface area contributed by atoms with Gasteiger partial charge in [-0.25, -0.2) is 9.13 Å². The number of hydrogen-bond acceptors (Lipinski definition) is 15. The van der Waals surface area contributed by atoms with Gasteiger partial charge >= 0.3 is 39.5 Å². The summed E-state index contributed by atoms with van der Waals surface area (Å²) in [5, 5.41) is 10.6. The van der Waals surface area contributed by atoms with Crippen molar-refractivity contribution in [3.63, 3.8) is 0 Å². The third-order valence-electron chi connectivity index (χ3n) is 17.0. The van der Waals surface area contributed by atoms with Gasteiger partial charge in [-0.3, -0.25) is 37.3 Å². The summed E-state index contributed by atoms with van der Waals surface area (Å²) in [7, 11) is -9.90. The van der Waals surface area contributed by atoms with Gasteiger partial charge in [-0.1, -0.05) is 324 Å². The minimum atomic E-state index is -4.95. The van der Waals surface area contributed by atoms with Crippen molar-refractivity contribution in [2.45, 2.75) is 394 Å². The fraction of sp³-hybridized carbons (Fsp3) is 0.945. The van der Waals surface area contributed by atoms with Gasteiger partial charge in [-0.15, -0.1) is 0 Å². The van der Waals surface area contributed by atoms with E-state index in [1.54, 1.807) is 0 Å². The van der Waals surface area contributed by atoms with Crippen molar-refractivity contribution < 1.29 is 80.2 Å². The highest BCUT2D eigenvalue weighted by molar-refractivity contribution is 7.47. The zero-order chi connectivity index (χ0) is 67.9. The number of carbonyl (C=O) groups is 4. The predicted molar refractivity (Wildman–Crippen MR) is 372 cm³/mol. The topological polar surface area (TPSA) is 237 Å². The SMILES string of the molecule is CCCCCCCCCCCCCCC(=O)O[C@H](COC(=O)CCCCCCCCC)COP(=O)(O)OC[C@H](O)COP(=O)(O)OC[C@@H](COC(=O)CCCCCCCCCCCCCCC(C)C)OC(=O)CCCCCCCCCCCCCCCCCC(C)C. The molecule has 0 radical (unpaired) electrons. The number of esters is 4. The Hall–Kier alpha value is -1.94. The molecule has 0 fully saturated rings. The maximum absolute atomic E-state index is 13.1. The first-order chi connectivity index (χ1) is 44.4. The quantitative estimate of drug-likeness (QED) is 0.0222. The number of aliphatic hydroxyl groups is 1. The lowest BCUT2D eigenvalue weighted by molar-refractivity contribution is -0.161. The number of phosphoric acid groups is 2. The molecule has 0 amide bonds. The molecule has 0 heterocycles. The second-order valence-electron chi connectivity index (χ2n) is 27.3. The molecule has 19 heteroatoms. The van der Waals surface area contributed by atoms with Gasteiger partial charge < -0.3 is 33.8 Å². The Morgan fingerprint density at radius 1 is 0.293 bits per heavy atom. The van der Waals surface area contributed by atoms with Crippen LogP contribution in [0.5, 0.6) is 0 Å². The molecule has 0 aromatic carbocycles. The van der Waals surface area contributed by atoms with E-state index >= 15 is 0 Å². The van der Waals surface area contributed by atoms with Gasteiger partial charge in [0.25, 0.3) is 0 Å². The number of rotatable bonds is 72. The first-order valence-corrected chi connectivity index (χ1v) is 41.0. The molecule has 0 spiro atoms. The molecule has 0 rings (SSSR count). The van der Waals surface area contributed by atoms with Crippen LogP contribution in [0.1, 0.15) is 375 Å². The molecule has 546 valence electrons. The largest absolute Gasteiger partial charge is 0.472 e. The van der Waals surface area contributed by atoms with Crippen molar-refractivity contribution in [2.75, 3.05) is 39.6 Å². The minimum Gasteiger partial charge on any atom is -0.462 e. The van der Waals surface area contributed by atoms with Gasteiger partial charge in [0, 0.05) is 25.7 Å². The number of carbonyl (C=O) groups excluding carboxylic acids is 4. The van der Waals surface area contributed by atoms with Crippen LogP contribution in [-0.2, 0) is 65.4 Å². The highest BCUT2D eigenvalue weighted by atomic mass is 31.2. The van der Waals surface area contributed by atoms with E-state index in [9.17, 15) is 43.2 Å². The number of ether oxygens (including phenoxy) is 4. The average Bonchev–Trinajstić information content (AvgIpc) is 3.43. The Balaban J connectivity index is 5.20. The fourth-order valence-electron chi connectivity index (χ4n) is 11.1. The van der Waals surface area contributed by atoms with Gasteiger partial charge in [0.2, 0.25) is 0 Å². The Bertz CT molecular complexity index is 1790. The zero-order valence-corrected chi connectivity index (χ0v) is 61.6. The van der Waals surface area contributed by atoms with E-state index < -0.39 is 97.5 Å². The molecule has 92 heavy (non-hydrogen) atoms. The molecule has 0 saturated heterocycles. The smallest absolute Gasteiger partial charge is 0.462 e. The van der Waals surface area contributed by atoms with Crippen molar-refractivity contribution in [3.8, 4) is 0 Å². The lowest BCUT2D eigenvalue weighted by atomic mass is 10.0. The number of aliphatic hydroxyl groups excluding tert-OH is 1. The Morgan fingerprint density at radius 3 is 0.739 bits per heavy atom. The second kappa shape index (κ2) is 65.0. The molecular weight excluding hydrogens is 1210 g/mol. The maximum atomic E-state index is 13.1. The van der Waals surface area contributed by atoms with Crippen LogP contribution >= 0.6 is 15.6 Å². The zero-order valence-electron chi connectivity index (χ0n) is 59.9. The van der Waals surface area contributed by atoms with Crippen LogP contribution in [0.2, 0.25) is 0 Å². The molecule has 0 aliphatic heterocycles. The molecular formula is C73H142O17P2. The Morgan fingerprint density at radius 2 is 0.500 bits per heavy atom. The molecule has 2 unspecified atom stereocenters. The van der Waals surface area contributed by atoms with Crippen molar-refractivity contribution in [1.29, 1.82) is 0 Å². The lowest BCUT2D eigenvalue weighted by Gasteiger charge is -2.21. The summed E-state index contributed by atoms with van der Waals surface area (Å²) < 4.78 is 68.3. The summed E-state index contributed by atoms with van der Waals surface area (Å²) in [6, 6.07) is 0. The minimum absolute atomic E-state index is 0.107. The third kappa shape index (κ3) is 66.7. The van der Waals surface area contributed by atoms with Crippen LogP contribution < -0.4 is 0 Å². The summed E-state index contributed by atoms with van der Waals surface area (Å²) in [5.41, 5.74) is 0. The van der Waals surface area contributed by atoms with E-state index in [0.29, 0.717) is 25.7 Å². The van der Waals surface area contributed by atoms with Crippen LogP contribution in [-0.4, -0.2) is 96.7 Å². The molecule has 0 aliphatic carbocycles. The molecule has 0 aromatic rings. The van der Waals surface area contributed by atoms with Gasteiger partial charge in [-0.2, -0.15) is 0 Å². The van der Waals surface area contributed by atoms with Crippen molar-refractivity contribution in [1.82, 2.24) is 0 Å². The van der Waals surface area contributed by atoms with Crippen LogP contribution in [0.4, 0.5) is 0 Å². The summed E-state index contributed by atoms with van der Waals surface area (Å²) in [4.78, 5) is 72.5. The van der Waals surface area contributed by atoms with Crippen LogP contribution in [0.15, 0.2) is 0 Å². The summed E-state index contributed by atoms with van der Waals surface area (Å²) >= 11 is 0. The summed E-state index contributed by atoms with van der Waals surface area (Å²) in [5.74, 6) is -0.538. The first-order valence-electron chi connectivity index (χ1n) is 38.0. The Labute approximate surface area is 562 Å². The molecule has 0 aliphatic rings. The van der Waals surface area contributed by atoms with Gasteiger partial charge in [0.1, 0.15) is 19.3 Å². The van der Waals surface area contributed by atoms with E-state index in [4.69, 9.17) is 37.0 Å². The second-order valence-corrected chi connectivity index (χ2v) is 30.2. The normalized spacial score (nSPS) is 14.1. The first kappa shape index (κ1) is 90.1. The monoisotopic (exact) mass is 1350 g/mol. The fourth-order valence-corrected chi connectivity index (χ4v) is 12.7. The van der Waals surface area contributed by atoms with Crippen LogP contribution in [0.3, 0.4) is 0 Å². The van der Waals surface area contributed by atoms with Crippen molar-refractivity contribution in [3.05, 3.63) is 0 Å². The van der Waals surface area contributed by atoms with Crippen molar-refractivity contribution >= 4 is 39.5 Å². The van der Waals surface area contributed by atoms with E-state index in [1.807, 2.05) is 0 Å². The molecule has 0 bridgehead atoms. The predicted octanol–water partition coefficient (Wildman–Crippen LogP) is 21.2. The molecule has 0 saturated carbocycles. The standard InChI is InChI=1S/C73H142O17P2/c1-7-9-11-13-15-16-17-27-33-39-45-51-57-72(77)89-68(61-83-70(75)55-49-43-35-14-12-10-8-2)63-87-91(79,80)85-59-67(74)60-86-92(81,82)88-64-69(62-84-71(76)56-50-44-38-32-28-24-23-26-31-37-42-48-54-66(5)6)90-73(78)58-52-46-40-34-29-22-20-18-19-21-25-30-36-41-47-53-65(3)4/h65-69,74H,7-64H2,1-6H3,(H,79,80)(H,81,82)/t67-,68+,69+/m0/s1. The summed E-state index contributed by atoms with van der Waals surface area (Å²) in [6.45, 7) is 9.57. The third-order valence-corrected chi connectivity index (χ3v) is 18.9. The van der Waals surface area contributed by atoms with Crippen LogP contribution in [0.25, 0.3) is 0 Å². The van der Waals surface area contributed by atoms with Gasteiger partial charge in [0.15, 0.2) is 12.2 Å². The molecule has 17 nitrogen and oxygen atoms in total. The molecule has 5 atom stereocenters. The molecule has 0 aromatic heterocycles. The lowest BCUT2D eigenvalue weighted by Crippen LogP contribution is -2.30. The van der Waals surface area contributed by atoms with Gasteiger partial charge in [0.05, 0.1) is 26.4 Å². The van der Waals surface area contributed by atoms with E-state index in [2.05, 4.69) is 41.5 Å². The van der Waals surface area contributed by atoms with Crippen LogP contribution in [0, 0.1) is 11.8 Å². The number of hydrogen-bond donors (Lipinski definition) is 3. The number of phosphoric ester groups is 2. The Kier molecular flexibility index (Phi) is 63.7. The summed E-state index contributed by atoms with van der Waals surface area (Å²) in [6.07, 6.45) is 51.4.